The van der Waals surface area contributed by atoms with Crippen LogP contribution in [0.3, 0.4) is 0 Å². The van der Waals surface area contributed by atoms with E-state index in [0.717, 1.165) is 37.0 Å². The van der Waals surface area contributed by atoms with Crippen molar-refractivity contribution in [2.24, 2.45) is 17.8 Å². The largest absolute Gasteiger partial charge is 0.461 e. The quantitative estimate of drug-likeness (QED) is 0.0395. The molecule has 2 atom stereocenters. The minimum Gasteiger partial charge on any atom is -0.461 e. The van der Waals surface area contributed by atoms with Gasteiger partial charge in [0.05, 0.1) is 0 Å². The minimum absolute atomic E-state index is 0.0199. The van der Waals surface area contributed by atoms with E-state index in [1.54, 1.807) is 0 Å². The van der Waals surface area contributed by atoms with Gasteiger partial charge < -0.3 is 4.74 Å². The summed E-state index contributed by atoms with van der Waals surface area (Å²) in [6.07, 6.45) is 42.4. The molecule has 0 saturated carbocycles. The molecule has 0 rings (SSSR count). The van der Waals surface area contributed by atoms with Gasteiger partial charge in [-0.15, -0.1) is 0 Å². The Bertz CT molecular complexity index is 636. The Morgan fingerprint density at radius 2 is 0.867 bits per heavy atom. The van der Waals surface area contributed by atoms with Crippen LogP contribution in [0.1, 0.15) is 234 Å². The summed E-state index contributed by atoms with van der Waals surface area (Å²) in [5.41, 5.74) is 1.37. The second kappa shape index (κ2) is 34.5. The predicted molar refractivity (Wildman–Crippen MR) is 202 cm³/mol. The number of esters is 1. The van der Waals surface area contributed by atoms with Crippen LogP contribution < -0.4 is 0 Å². The number of hydrogen-bond acceptors (Lipinski definition) is 2. The highest BCUT2D eigenvalue weighted by atomic mass is 16.5. The first-order valence-corrected chi connectivity index (χ1v) is 20.7. The van der Waals surface area contributed by atoms with Crippen LogP contribution in [0.2, 0.25) is 0 Å². The van der Waals surface area contributed by atoms with E-state index in [9.17, 15) is 4.79 Å². The van der Waals surface area contributed by atoms with Crippen molar-refractivity contribution in [1.82, 2.24) is 0 Å². The molecule has 0 heterocycles. The molecule has 0 spiro atoms. The average molecular weight is 633 g/mol. The van der Waals surface area contributed by atoms with Gasteiger partial charge >= 0.3 is 5.97 Å². The van der Waals surface area contributed by atoms with Crippen molar-refractivity contribution in [3.8, 4) is 0 Å². The third kappa shape index (κ3) is 35.9. The van der Waals surface area contributed by atoms with Crippen molar-refractivity contribution in [3.63, 3.8) is 0 Å². The Balaban J connectivity index is 3.45. The Labute approximate surface area is 285 Å². The number of ether oxygens (including phenoxy) is 1. The highest BCUT2D eigenvalue weighted by Gasteiger charge is 2.07. The maximum atomic E-state index is 12.1. The Hall–Kier alpha value is -0.790. The summed E-state index contributed by atoms with van der Waals surface area (Å²) >= 11 is 0. The molecule has 0 aromatic heterocycles. The third-order valence-electron chi connectivity index (χ3n) is 10.1. The molecular weight excluding hydrogens is 548 g/mol. The molecule has 0 aromatic rings. The molecule has 0 aliphatic carbocycles. The van der Waals surface area contributed by atoms with Crippen LogP contribution in [-0.2, 0) is 9.53 Å². The van der Waals surface area contributed by atoms with Gasteiger partial charge in [0.1, 0.15) is 6.61 Å². The molecule has 2 unspecified atom stereocenters. The van der Waals surface area contributed by atoms with E-state index in [4.69, 9.17) is 4.74 Å². The van der Waals surface area contributed by atoms with Crippen molar-refractivity contribution in [2.75, 3.05) is 6.61 Å². The molecule has 0 amide bonds. The van der Waals surface area contributed by atoms with Gasteiger partial charge in [0.15, 0.2) is 0 Å². The average Bonchev–Trinajstić information content (AvgIpc) is 3.00. The van der Waals surface area contributed by atoms with Gasteiger partial charge in [0, 0.05) is 6.42 Å². The van der Waals surface area contributed by atoms with Crippen LogP contribution in [0.25, 0.3) is 0 Å². The van der Waals surface area contributed by atoms with E-state index in [-0.39, 0.29) is 5.97 Å². The maximum absolute atomic E-state index is 12.1. The van der Waals surface area contributed by atoms with Crippen molar-refractivity contribution >= 4 is 5.97 Å². The summed E-state index contributed by atoms with van der Waals surface area (Å²) in [4.78, 5) is 12.1. The summed E-state index contributed by atoms with van der Waals surface area (Å²) in [5, 5.41) is 0. The lowest BCUT2D eigenvalue weighted by Crippen LogP contribution is -2.04. The van der Waals surface area contributed by atoms with Crippen LogP contribution in [-0.4, -0.2) is 12.6 Å². The zero-order chi connectivity index (χ0) is 33.2. The number of carbonyl (C=O) groups is 1. The van der Waals surface area contributed by atoms with Crippen LogP contribution in [0.15, 0.2) is 11.6 Å². The fraction of sp³-hybridized carbons (Fsp3) is 0.930. The van der Waals surface area contributed by atoms with Crippen LogP contribution in [0.5, 0.6) is 0 Å². The fourth-order valence-corrected chi connectivity index (χ4v) is 6.68. The number of carbonyl (C=O) groups excluding carboxylic acids is 1. The van der Waals surface area contributed by atoms with E-state index < -0.39 is 0 Å². The van der Waals surface area contributed by atoms with Gasteiger partial charge in [-0.2, -0.15) is 0 Å². The molecule has 0 bridgehead atoms. The molecule has 0 aromatic carbocycles. The second-order valence-electron chi connectivity index (χ2n) is 15.6. The number of rotatable bonds is 35. The molecule has 0 radical (unpaired) electrons. The Kier molecular flexibility index (Phi) is 33.9. The molecular formula is C43H84O2. The molecule has 0 aliphatic heterocycles. The van der Waals surface area contributed by atoms with Gasteiger partial charge in [0.2, 0.25) is 0 Å². The van der Waals surface area contributed by atoms with Crippen LogP contribution in [0.4, 0.5) is 0 Å². The first-order chi connectivity index (χ1) is 21.8. The van der Waals surface area contributed by atoms with Crippen molar-refractivity contribution in [1.29, 1.82) is 0 Å². The third-order valence-corrected chi connectivity index (χ3v) is 10.1. The molecule has 268 valence electrons. The number of allylic oxidation sites excluding steroid dienone is 1. The molecule has 0 saturated heterocycles. The summed E-state index contributed by atoms with van der Waals surface area (Å²) in [6.45, 7) is 14.5. The standard InChI is InChI=1S/C43H84O2/c1-7-8-9-10-11-12-13-14-15-16-17-18-19-20-21-22-23-24-25-26-36-43(44)45-38-37-42(6)35-29-34-41(5)33-28-32-40(4)31-27-30-39(2)3/h37,39-41H,7-36,38H2,1-6H3. The SMILES string of the molecule is CCCCCCCCCCCCCCCCCCCCCCC(=O)OCC=C(C)CCCC(C)CCCC(C)CCCC(C)C. The molecule has 0 N–H and O–H groups in total. The van der Waals surface area contributed by atoms with E-state index in [0.29, 0.717) is 13.0 Å². The summed E-state index contributed by atoms with van der Waals surface area (Å²) in [5.74, 6) is 2.54. The topological polar surface area (TPSA) is 26.3 Å². The molecule has 0 fully saturated rings. The smallest absolute Gasteiger partial charge is 0.306 e. The van der Waals surface area contributed by atoms with Gasteiger partial charge in [-0.25, -0.2) is 0 Å². The lowest BCUT2D eigenvalue weighted by Gasteiger charge is -2.15. The second-order valence-corrected chi connectivity index (χ2v) is 15.6. The predicted octanol–water partition coefficient (Wildman–Crippen LogP) is 15.1. The lowest BCUT2D eigenvalue weighted by molar-refractivity contribution is -0.142. The summed E-state index contributed by atoms with van der Waals surface area (Å²) in [6, 6.07) is 0. The first-order valence-electron chi connectivity index (χ1n) is 20.7. The summed E-state index contributed by atoms with van der Waals surface area (Å²) in [7, 11) is 0. The van der Waals surface area contributed by atoms with Crippen molar-refractivity contribution in [3.05, 3.63) is 11.6 Å². The van der Waals surface area contributed by atoms with Crippen LogP contribution in [0, 0.1) is 17.8 Å². The fourth-order valence-electron chi connectivity index (χ4n) is 6.68. The van der Waals surface area contributed by atoms with E-state index >= 15 is 0 Å². The zero-order valence-electron chi connectivity index (χ0n) is 32.0. The Morgan fingerprint density at radius 1 is 0.489 bits per heavy atom. The van der Waals surface area contributed by atoms with Gasteiger partial charge in [-0.05, 0) is 50.0 Å². The van der Waals surface area contributed by atoms with E-state index in [2.05, 4.69) is 47.6 Å². The molecule has 45 heavy (non-hydrogen) atoms. The first kappa shape index (κ1) is 44.2. The highest BCUT2D eigenvalue weighted by molar-refractivity contribution is 5.69. The van der Waals surface area contributed by atoms with Crippen molar-refractivity contribution in [2.45, 2.75) is 234 Å². The van der Waals surface area contributed by atoms with E-state index in [1.807, 2.05) is 0 Å². The molecule has 2 heteroatoms. The van der Waals surface area contributed by atoms with E-state index in [1.165, 1.54) is 173 Å². The number of hydrogen-bond donors (Lipinski definition) is 0. The lowest BCUT2D eigenvalue weighted by atomic mass is 9.91. The van der Waals surface area contributed by atoms with Crippen LogP contribution >= 0.6 is 0 Å². The van der Waals surface area contributed by atoms with Gasteiger partial charge in [-0.3, -0.25) is 4.79 Å². The zero-order valence-corrected chi connectivity index (χ0v) is 32.0. The van der Waals surface area contributed by atoms with Gasteiger partial charge in [-0.1, -0.05) is 207 Å². The van der Waals surface area contributed by atoms with Crippen molar-refractivity contribution < 1.29 is 9.53 Å². The monoisotopic (exact) mass is 633 g/mol. The van der Waals surface area contributed by atoms with Gasteiger partial charge in [0.25, 0.3) is 0 Å². The summed E-state index contributed by atoms with van der Waals surface area (Å²) < 4.78 is 5.48. The maximum Gasteiger partial charge on any atom is 0.306 e. The highest BCUT2D eigenvalue weighted by Crippen LogP contribution is 2.22. The minimum atomic E-state index is -0.0199. The molecule has 0 aliphatic rings. The molecule has 2 nitrogen and oxygen atoms in total. The normalized spacial score (nSPS) is 13.4. The number of unbranched alkanes of at least 4 members (excludes halogenated alkanes) is 19. The Morgan fingerprint density at radius 3 is 1.29 bits per heavy atom.